The molecular formula is C27H28N2O6. The molecule has 1 N–H and O–H groups in total. The van der Waals surface area contributed by atoms with Crippen LogP contribution in [0.15, 0.2) is 88.3 Å². The van der Waals surface area contributed by atoms with E-state index in [1.54, 1.807) is 36.3 Å². The second-order valence-electron chi connectivity index (χ2n) is 8.15. The van der Waals surface area contributed by atoms with Gasteiger partial charge in [0.05, 0.1) is 14.2 Å². The summed E-state index contributed by atoms with van der Waals surface area (Å²) in [6, 6.07) is 14.4. The number of hydrogen-bond acceptors (Lipinski definition) is 7. The number of ether oxygens (including phenoxy) is 3. The summed E-state index contributed by atoms with van der Waals surface area (Å²) < 4.78 is 22.9. The van der Waals surface area contributed by atoms with Crippen LogP contribution < -0.4 is 9.64 Å². The van der Waals surface area contributed by atoms with Crippen molar-refractivity contribution >= 4 is 23.1 Å². The van der Waals surface area contributed by atoms with Crippen LogP contribution in [0.5, 0.6) is 5.75 Å². The first kappa shape index (κ1) is 23.9. The fourth-order valence-electron chi connectivity index (χ4n) is 4.10. The van der Waals surface area contributed by atoms with Crippen molar-refractivity contribution < 1.29 is 28.5 Å². The Kier molecular flexibility index (Phi) is 7.10. The fourth-order valence-corrected chi connectivity index (χ4v) is 4.10. The smallest absolute Gasteiger partial charge is 0.326 e. The van der Waals surface area contributed by atoms with Gasteiger partial charge < -0.3 is 28.6 Å². The molecule has 1 atom stereocenters. The standard InChI is InChI=1S/C27H28N2O6/c1-5-23(33-4)25(34-16-18-9-7-6-8-10-18)20-14-22(26(30)31)29(15-17(20)2)27-28-21-12-11-19(32-3)13-24(21)35-27/h5-13,22H,1,14-16H2,2-4H3,(H,30,31)/b25-23-/t22-/m0/s1. The molecular weight excluding hydrogens is 448 g/mol. The quantitative estimate of drug-likeness (QED) is 0.338. The minimum atomic E-state index is -0.991. The highest BCUT2D eigenvalue weighted by Crippen LogP contribution is 2.36. The van der Waals surface area contributed by atoms with Crippen LogP contribution in [0.25, 0.3) is 11.1 Å². The van der Waals surface area contributed by atoms with Gasteiger partial charge in [0.1, 0.15) is 23.9 Å². The van der Waals surface area contributed by atoms with E-state index < -0.39 is 12.0 Å². The molecule has 8 nitrogen and oxygen atoms in total. The largest absolute Gasteiger partial charge is 0.497 e. The molecule has 3 aromatic rings. The maximum absolute atomic E-state index is 12.4. The molecule has 0 amide bonds. The van der Waals surface area contributed by atoms with Crippen LogP contribution in [0, 0.1) is 0 Å². The molecule has 0 saturated carbocycles. The van der Waals surface area contributed by atoms with Crippen LogP contribution in [0.3, 0.4) is 0 Å². The van der Waals surface area contributed by atoms with Crippen LogP contribution >= 0.6 is 0 Å². The van der Waals surface area contributed by atoms with Crippen molar-refractivity contribution in [3.63, 3.8) is 0 Å². The Hall–Kier alpha value is -4.20. The highest BCUT2D eigenvalue weighted by molar-refractivity contribution is 5.81. The number of carboxylic acid groups (broad SMARTS) is 1. The lowest BCUT2D eigenvalue weighted by Crippen LogP contribution is -2.46. The molecule has 1 aliphatic rings. The van der Waals surface area contributed by atoms with Gasteiger partial charge in [-0.1, -0.05) is 36.9 Å². The molecule has 0 radical (unpaired) electrons. The predicted molar refractivity (Wildman–Crippen MR) is 132 cm³/mol. The van der Waals surface area contributed by atoms with Gasteiger partial charge in [-0.25, -0.2) is 4.79 Å². The number of methoxy groups -OCH3 is 2. The molecule has 2 heterocycles. The Labute approximate surface area is 203 Å². The van der Waals surface area contributed by atoms with E-state index in [1.807, 2.05) is 37.3 Å². The Bertz CT molecular complexity index is 1290. The van der Waals surface area contributed by atoms with Gasteiger partial charge in [0.2, 0.25) is 0 Å². The molecule has 182 valence electrons. The third-order valence-electron chi connectivity index (χ3n) is 5.94. The van der Waals surface area contributed by atoms with Crippen molar-refractivity contribution in [3.05, 3.63) is 89.4 Å². The first-order chi connectivity index (χ1) is 16.9. The number of fused-ring (bicyclic) bond motifs is 1. The third-order valence-corrected chi connectivity index (χ3v) is 5.94. The summed E-state index contributed by atoms with van der Waals surface area (Å²) in [4.78, 5) is 18.5. The molecule has 4 rings (SSSR count). The minimum absolute atomic E-state index is 0.175. The van der Waals surface area contributed by atoms with E-state index >= 15 is 0 Å². The van der Waals surface area contributed by atoms with Gasteiger partial charge in [-0.3, -0.25) is 0 Å². The maximum Gasteiger partial charge on any atom is 0.326 e. The first-order valence-corrected chi connectivity index (χ1v) is 11.2. The number of allylic oxidation sites excluding steroid dienone is 2. The monoisotopic (exact) mass is 476 g/mol. The van der Waals surface area contributed by atoms with Crippen LogP contribution in [0.2, 0.25) is 0 Å². The molecule has 0 aliphatic carbocycles. The van der Waals surface area contributed by atoms with E-state index in [1.165, 1.54) is 7.11 Å². The molecule has 0 unspecified atom stereocenters. The van der Waals surface area contributed by atoms with Crippen molar-refractivity contribution in [2.75, 3.05) is 25.7 Å². The van der Waals surface area contributed by atoms with Crippen molar-refractivity contribution in [1.82, 2.24) is 4.98 Å². The number of carboxylic acids is 1. The number of anilines is 1. The summed E-state index contributed by atoms with van der Waals surface area (Å²) in [6.07, 6.45) is 1.74. The second-order valence-corrected chi connectivity index (χ2v) is 8.15. The number of hydrogen-bond donors (Lipinski definition) is 1. The molecule has 35 heavy (non-hydrogen) atoms. The lowest BCUT2D eigenvalue weighted by Gasteiger charge is -2.34. The molecule has 0 fully saturated rings. The van der Waals surface area contributed by atoms with Gasteiger partial charge in [-0.2, -0.15) is 4.98 Å². The number of benzene rings is 2. The van der Waals surface area contributed by atoms with Crippen LogP contribution in [-0.4, -0.2) is 42.9 Å². The minimum Gasteiger partial charge on any atom is -0.497 e. The maximum atomic E-state index is 12.4. The average molecular weight is 477 g/mol. The Morgan fingerprint density at radius 1 is 1.26 bits per heavy atom. The number of aromatic nitrogens is 1. The molecule has 0 saturated heterocycles. The number of rotatable bonds is 9. The molecule has 2 aromatic carbocycles. The number of nitrogens with zero attached hydrogens (tertiary/aromatic N) is 2. The summed E-state index contributed by atoms with van der Waals surface area (Å²) in [5, 5.41) is 10.1. The van der Waals surface area contributed by atoms with Gasteiger partial charge in [0.15, 0.2) is 17.1 Å². The average Bonchev–Trinajstić information content (AvgIpc) is 3.30. The summed E-state index contributed by atoms with van der Waals surface area (Å²) in [5.74, 6) is 0.572. The van der Waals surface area contributed by atoms with Gasteiger partial charge in [0, 0.05) is 24.6 Å². The first-order valence-electron chi connectivity index (χ1n) is 11.2. The van der Waals surface area contributed by atoms with E-state index in [0.717, 1.165) is 16.7 Å². The van der Waals surface area contributed by atoms with Gasteiger partial charge in [-0.15, -0.1) is 0 Å². The van der Waals surface area contributed by atoms with Crippen LogP contribution in [0.1, 0.15) is 18.9 Å². The molecule has 1 aromatic heterocycles. The predicted octanol–water partition coefficient (Wildman–Crippen LogP) is 5.08. The Morgan fingerprint density at radius 3 is 2.69 bits per heavy atom. The topological polar surface area (TPSA) is 94.3 Å². The lowest BCUT2D eigenvalue weighted by molar-refractivity contribution is -0.138. The number of oxazole rings is 1. The zero-order chi connectivity index (χ0) is 24.9. The van der Waals surface area contributed by atoms with Crippen LogP contribution in [0.4, 0.5) is 6.01 Å². The van der Waals surface area contributed by atoms with E-state index in [0.29, 0.717) is 41.5 Å². The highest BCUT2D eigenvalue weighted by Gasteiger charge is 2.36. The van der Waals surface area contributed by atoms with Gasteiger partial charge >= 0.3 is 5.97 Å². The Morgan fingerprint density at radius 2 is 2.03 bits per heavy atom. The summed E-state index contributed by atoms with van der Waals surface area (Å²) in [5.41, 5.74) is 3.81. The van der Waals surface area contributed by atoms with Gasteiger partial charge in [0.25, 0.3) is 6.01 Å². The van der Waals surface area contributed by atoms with Crippen molar-refractivity contribution in [2.45, 2.75) is 26.0 Å². The normalized spacial score (nSPS) is 16.7. The van der Waals surface area contributed by atoms with E-state index in [2.05, 4.69) is 11.6 Å². The zero-order valence-corrected chi connectivity index (χ0v) is 20.0. The summed E-state index contributed by atoms with van der Waals surface area (Å²) in [6.45, 7) is 6.38. The number of aliphatic carboxylic acids is 1. The van der Waals surface area contributed by atoms with Gasteiger partial charge in [-0.05, 0) is 36.3 Å². The highest BCUT2D eigenvalue weighted by atomic mass is 16.5. The molecule has 0 spiro atoms. The SMILES string of the molecule is C=C/C(OC)=C(/OCc1ccccc1)C1=C(C)CN(c2nc3ccc(OC)cc3o2)[C@H](C(=O)O)C1. The van der Waals surface area contributed by atoms with E-state index in [9.17, 15) is 9.90 Å². The Balaban J connectivity index is 1.70. The van der Waals surface area contributed by atoms with Crippen molar-refractivity contribution in [2.24, 2.45) is 0 Å². The lowest BCUT2D eigenvalue weighted by atomic mass is 9.93. The molecule has 0 bridgehead atoms. The fraction of sp³-hybridized carbons (Fsp3) is 0.259. The van der Waals surface area contributed by atoms with E-state index in [-0.39, 0.29) is 12.4 Å². The second kappa shape index (κ2) is 10.4. The number of carbonyl (C=O) groups is 1. The molecule has 8 heteroatoms. The third kappa shape index (κ3) is 5.01. The van der Waals surface area contributed by atoms with E-state index in [4.69, 9.17) is 18.6 Å². The zero-order valence-electron chi connectivity index (χ0n) is 20.0. The van der Waals surface area contributed by atoms with Crippen molar-refractivity contribution in [3.8, 4) is 5.75 Å². The summed E-state index contributed by atoms with van der Waals surface area (Å²) >= 11 is 0. The van der Waals surface area contributed by atoms with Crippen LogP contribution in [-0.2, 0) is 20.9 Å². The molecule has 1 aliphatic heterocycles. The van der Waals surface area contributed by atoms with Crippen molar-refractivity contribution in [1.29, 1.82) is 0 Å². The summed E-state index contributed by atoms with van der Waals surface area (Å²) in [7, 11) is 3.11.